The SMILES string of the molecule is C#Cc1cccc(NCC2CCNCC2)c1. The zero-order valence-corrected chi connectivity index (χ0v) is 9.50. The first kappa shape index (κ1) is 11.0. The lowest BCUT2D eigenvalue weighted by Gasteiger charge is -2.23. The molecular weight excluding hydrogens is 196 g/mol. The fourth-order valence-electron chi connectivity index (χ4n) is 2.07. The Bertz CT molecular complexity index is 373. The van der Waals surface area contributed by atoms with Crippen LogP contribution < -0.4 is 10.6 Å². The van der Waals surface area contributed by atoms with Crippen molar-refractivity contribution in [2.45, 2.75) is 12.8 Å². The number of hydrogen-bond acceptors (Lipinski definition) is 2. The van der Waals surface area contributed by atoms with Crippen molar-refractivity contribution in [2.75, 3.05) is 25.0 Å². The fourth-order valence-corrected chi connectivity index (χ4v) is 2.07. The van der Waals surface area contributed by atoms with Crippen LogP contribution >= 0.6 is 0 Å². The van der Waals surface area contributed by atoms with Crippen LogP contribution in [0.5, 0.6) is 0 Å². The number of hydrogen-bond donors (Lipinski definition) is 2. The van der Waals surface area contributed by atoms with E-state index in [0.29, 0.717) is 0 Å². The van der Waals surface area contributed by atoms with Crippen LogP contribution in [0.1, 0.15) is 18.4 Å². The molecule has 1 aromatic rings. The molecule has 0 aliphatic carbocycles. The summed E-state index contributed by atoms with van der Waals surface area (Å²) in [7, 11) is 0. The van der Waals surface area contributed by atoms with Gasteiger partial charge in [0.25, 0.3) is 0 Å². The fraction of sp³-hybridized carbons (Fsp3) is 0.429. The maximum atomic E-state index is 5.37. The van der Waals surface area contributed by atoms with Crippen LogP contribution in [0.4, 0.5) is 5.69 Å². The van der Waals surface area contributed by atoms with E-state index in [1.54, 1.807) is 0 Å². The largest absolute Gasteiger partial charge is 0.385 e. The first-order chi connectivity index (χ1) is 7.88. The number of anilines is 1. The molecule has 0 aromatic heterocycles. The van der Waals surface area contributed by atoms with Crippen molar-refractivity contribution in [3.63, 3.8) is 0 Å². The van der Waals surface area contributed by atoms with E-state index in [1.165, 1.54) is 12.8 Å². The van der Waals surface area contributed by atoms with E-state index >= 15 is 0 Å². The van der Waals surface area contributed by atoms with Crippen LogP contribution in [0.15, 0.2) is 24.3 Å². The topological polar surface area (TPSA) is 24.1 Å². The Labute approximate surface area is 97.4 Å². The van der Waals surface area contributed by atoms with Crippen LogP contribution in [0.3, 0.4) is 0 Å². The van der Waals surface area contributed by atoms with Crippen LogP contribution in [-0.4, -0.2) is 19.6 Å². The van der Waals surface area contributed by atoms with E-state index in [9.17, 15) is 0 Å². The summed E-state index contributed by atoms with van der Waals surface area (Å²) in [5.41, 5.74) is 2.07. The summed E-state index contributed by atoms with van der Waals surface area (Å²) in [6.45, 7) is 3.35. The first-order valence-electron chi connectivity index (χ1n) is 5.90. The Morgan fingerprint density at radius 2 is 2.19 bits per heavy atom. The molecule has 2 nitrogen and oxygen atoms in total. The Hall–Kier alpha value is -1.46. The summed E-state index contributed by atoms with van der Waals surface area (Å²) in [4.78, 5) is 0. The van der Waals surface area contributed by atoms with Gasteiger partial charge in [-0.05, 0) is 50.0 Å². The van der Waals surface area contributed by atoms with Gasteiger partial charge in [0.15, 0.2) is 0 Å². The number of rotatable bonds is 3. The van der Waals surface area contributed by atoms with Gasteiger partial charge >= 0.3 is 0 Å². The summed E-state index contributed by atoms with van der Waals surface area (Å²) in [5, 5.41) is 6.84. The van der Waals surface area contributed by atoms with Crippen molar-refractivity contribution >= 4 is 5.69 Å². The highest BCUT2D eigenvalue weighted by atomic mass is 14.9. The van der Waals surface area contributed by atoms with Gasteiger partial charge in [-0.15, -0.1) is 6.42 Å². The summed E-state index contributed by atoms with van der Waals surface area (Å²) >= 11 is 0. The number of benzene rings is 1. The van der Waals surface area contributed by atoms with Gasteiger partial charge in [0, 0.05) is 17.8 Å². The van der Waals surface area contributed by atoms with Gasteiger partial charge < -0.3 is 10.6 Å². The average Bonchev–Trinajstić information content (AvgIpc) is 2.38. The Kier molecular flexibility index (Phi) is 3.85. The van der Waals surface area contributed by atoms with E-state index in [-0.39, 0.29) is 0 Å². The maximum Gasteiger partial charge on any atom is 0.0352 e. The minimum Gasteiger partial charge on any atom is -0.385 e. The second kappa shape index (κ2) is 5.58. The molecular formula is C14H18N2. The van der Waals surface area contributed by atoms with E-state index in [1.807, 2.05) is 18.2 Å². The third-order valence-corrected chi connectivity index (χ3v) is 3.08. The van der Waals surface area contributed by atoms with Gasteiger partial charge in [-0.25, -0.2) is 0 Å². The number of piperidine rings is 1. The van der Waals surface area contributed by atoms with Gasteiger partial charge in [-0.1, -0.05) is 12.0 Å². The minimum absolute atomic E-state index is 0.788. The molecule has 1 fully saturated rings. The van der Waals surface area contributed by atoms with E-state index in [4.69, 9.17) is 6.42 Å². The molecule has 1 aliphatic rings. The van der Waals surface area contributed by atoms with E-state index < -0.39 is 0 Å². The molecule has 0 spiro atoms. The van der Waals surface area contributed by atoms with Crippen LogP contribution in [0.25, 0.3) is 0 Å². The molecule has 2 N–H and O–H groups in total. The lowest BCUT2D eigenvalue weighted by Crippen LogP contribution is -2.31. The predicted molar refractivity (Wildman–Crippen MR) is 68.5 cm³/mol. The zero-order valence-electron chi connectivity index (χ0n) is 9.50. The second-order valence-corrected chi connectivity index (χ2v) is 4.30. The summed E-state index contributed by atoms with van der Waals surface area (Å²) in [6, 6.07) is 8.05. The number of terminal acetylenes is 1. The molecule has 1 aromatic carbocycles. The quantitative estimate of drug-likeness (QED) is 0.753. The smallest absolute Gasteiger partial charge is 0.0352 e. The molecule has 0 saturated carbocycles. The molecule has 1 saturated heterocycles. The van der Waals surface area contributed by atoms with E-state index in [0.717, 1.165) is 36.8 Å². The highest BCUT2D eigenvalue weighted by Gasteiger charge is 2.12. The van der Waals surface area contributed by atoms with Gasteiger partial charge in [0.05, 0.1) is 0 Å². The molecule has 0 unspecified atom stereocenters. The Morgan fingerprint density at radius 3 is 2.94 bits per heavy atom. The van der Waals surface area contributed by atoms with Gasteiger partial charge in [-0.3, -0.25) is 0 Å². The summed E-state index contributed by atoms with van der Waals surface area (Å²) < 4.78 is 0. The molecule has 16 heavy (non-hydrogen) atoms. The molecule has 84 valence electrons. The third kappa shape index (κ3) is 3.01. The van der Waals surface area contributed by atoms with Crippen molar-refractivity contribution in [3.8, 4) is 12.3 Å². The van der Waals surface area contributed by atoms with Crippen LogP contribution in [0, 0.1) is 18.3 Å². The number of nitrogens with one attached hydrogen (secondary N) is 2. The van der Waals surface area contributed by atoms with Crippen LogP contribution in [0.2, 0.25) is 0 Å². The lowest BCUT2D eigenvalue weighted by molar-refractivity contribution is 0.390. The summed E-state index contributed by atoms with van der Waals surface area (Å²) in [6.07, 6.45) is 7.90. The molecule has 0 amide bonds. The lowest BCUT2D eigenvalue weighted by atomic mass is 9.98. The Morgan fingerprint density at radius 1 is 1.38 bits per heavy atom. The molecule has 0 radical (unpaired) electrons. The highest BCUT2D eigenvalue weighted by Crippen LogP contribution is 2.14. The standard InChI is InChI=1S/C14H18N2/c1-2-12-4-3-5-14(10-12)16-11-13-6-8-15-9-7-13/h1,3-5,10,13,15-16H,6-9,11H2. The normalized spacial score (nSPS) is 16.7. The zero-order chi connectivity index (χ0) is 11.2. The van der Waals surface area contributed by atoms with Crippen molar-refractivity contribution < 1.29 is 0 Å². The maximum absolute atomic E-state index is 5.37. The van der Waals surface area contributed by atoms with Crippen molar-refractivity contribution in [1.29, 1.82) is 0 Å². The Balaban J connectivity index is 1.86. The molecule has 1 aliphatic heterocycles. The molecule has 0 bridgehead atoms. The highest BCUT2D eigenvalue weighted by molar-refractivity contribution is 5.49. The average molecular weight is 214 g/mol. The van der Waals surface area contributed by atoms with Crippen molar-refractivity contribution in [3.05, 3.63) is 29.8 Å². The van der Waals surface area contributed by atoms with Gasteiger partial charge in [0.2, 0.25) is 0 Å². The summed E-state index contributed by atoms with van der Waals surface area (Å²) in [5.74, 6) is 3.44. The minimum atomic E-state index is 0.788. The van der Waals surface area contributed by atoms with Crippen LogP contribution in [-0.2, 0) is 0 Å². The molecule has 1 heterocycles. The molecule has 0 atom stereocenters. The molecule has 2 heteroatoms. The second-order valence-electron chi connectivity index (χ2n) is 4.30. The van der Waals surface area contributed by atoms with Gasteiger partial charge in [0.1, 0.15) is 0 Å². The van der Waals surface area contributed by atoms with Gasteiger partial charge in [-0.2, -0.15) is 0 Å². The van der Waals surface area contributed by atoms with E-state index in [2.05, 4.69) is 22.6 Å². The van der Waals surface area contributed by atoms with Crippen molar-refractivity contribution in [2.24, 2.45) is 5.92 Å². The van der Waals surface area contributed by atoms with Crippen molar-refractivity contribution in [1.82, 2.24) is 5.32 Å². The molecule has 2 rings (SSSR count). The predicted octanol–water partition coefficient (Wildman–Crippen LogP) is 2.08. The monoisotopic (exact) mass is 214 g/mol. The third-order valence-electron chi connectivity index (χ3n) is 3.08. The first-order valence-corrected chi connectivity index (χ1v) is 5.90.